The molecule has 10 N–H and O–H groups in total. The number of alkyl halides is 9. The number of carboxylic acids is 3. The van der Waals surface area contributed by atoms with Crippen molar-refractivity contribution in [3.05, 3.63) is 0 Å². The summed E-state index contributed by atoms with van der Waals surface area (Å²) in [6.45, 7) is 5.06. The summed E-state index contributed by atoms with van der Waals surface area (Å²) in [5.74, 6) is -6.64. The second kappa shape index (κ2) is 28.9. The van der Waals surface area contributed by atoms with Crippen LogP contribution in [0.1, 0.15) is 89.9 Å². The Morgan fingerprint density at radius 3 is 1.35 bits per heavy atom. The number of aliphatic imine (C=N–C) groups is 1. The summed E-state index contributed by atoms with van der Waals surface area (Å²) in [4.78, 5) is 32.7. The van der Waals surface area contributed by atoms with Gasteiger partial charge in [-0.15, -0.1) is 0 Å². The third-order valence-corrected chi connectivity index (χ3v) is 6.52. The van der Waals surface area contributed by atoms with Crippen LogP contribution in [0.5, 0.6) is 0 Å². The average molecular weight is 766 g/mol. The highest BCUT2D eigenvalue weighted by atomic mass is 19.4. The Morgan fingerprint density at radius 1 is 0.686 bits per heavy atom. The Labute approximate surface area is 290 Å². The molecule has 0 amide bonds. The van der Waals surface area contributed by atoms with E-state index in [4.69, 9.17) is 46.6 Å². The van der Waals surface area contributed by atoms with E-state index in [1.807, 2.05) is 7.05 Å². The first-order valence-electron chi connectivity index (χ1n) is 16.1. The molecule has 0 heterocycles. The van der Waals surface area contributed by atoms with Crippen LogP contribution in [0.3, 0.4) is 0 Å². The maximum Gasteiger partial charge on any atom is 0.490 e. The van der Waals surface area contributed by atoms with E-state index in [1.54, 1.807) is 0 Å². The first-order chi connectivity index (χ1) is 23.4. The van der Waals surface area contributed by atoms with Gasteiger partial charge in [0, 0.05) is 26.7 Å². The van der Waals surface area contributed by atoms with E-state index >= 15 is 0 Å². The highest BCUT2D eigenvalue weighted by Crippen LogP contribution is 2.27. The molecule has 0 radical (unpaired) electrons. The highest BCUT2D eigenvalue weighted by molar-refractivity contribution is 5.76. The number of aliphatic carboxylic acids is 3. The van der Waals surface area contributed by atoms with E-state index in [-0.39, 0.29) is 5.96 Å². The van der Waals surface area contributed by atoms with Gasteiger partial charge in [0.2, 0.25) is 0 Å². The van der Waals surface area contributed by atoms with Gasteiger partial charge in [-0.25, -0.2) is 14.4 Å². The lowest BCUT2D eigenvalue weighted by Crippen LogP contribution is -2.39. The average Bonchev–Trinajstić information content (AvgIpc) is 3.83. The fraction of sp³-hybridized carbons (Fsp3) is 0.828. The molecule has 22 heteroatoms. The van der Waals surface area contributed by atoms with Gasteiger partial charge < -0.3 is 42.3 Å². The monoisotopic (exact) mass is 765 g/mol. The van der Waals surface area contributed by atoms with Crippen molar-refractivity contribution in [3.63, 3.8) is 0 Å². The predicted molar refractivity (Wildman–Crippen MR) is 171 cm³/mol. The molecule has 0 aromatic heterocycles. The fourth-order valence-corrected chi connectivity index (χ4v) is 3.52. The van der Waals surface area contributed by atoms with Gasteiger partial charge in [-0.3, -0.25) is 10.4 Å². The topological polar surface area (TPSA) is 227 Å². The lowest BCUT2D eigenvalue weighted by molar-refractivity contribution is -0.193. The second-order valence-electron chi connectivity index (χ2n) is 11.3. The summed E-state index contributed by atoms with van der Waals surface area (Å²) in [5, 5.41) is 36.2. The van der Waals surface area contributed by atoms with Crippen LogP contribution in [0, 0.1) is 11.3 Å². The number of hydrogen-bond donors (Lipinski definition) is 8. The summed E-state index contributed by atoms with van der Waals surface area (Å²) in [7, 11) is 2.03. The van der Waals surface area contributed by atoms with E-state index in [1.165, 1.54) is 83.5 Å². The standard InChI is InChI=1S/C23H49N7.3C2HF3O2/c1-30(23(26)29-20-21-14-15-21)19-13-9-5-4-7-11-17-27-16-10-6-2-3-8-12-18-28-22(24)25;3*3-2(4,5)1(6)7/h21,27H,2-20H2,1H3,(H2,26,29)(H4,24,25,28);3*(H,6,7). The summed E-state index contributed by atoms with van der Waals surface area (Å²) in [6, 6.07) is 0. The van der Waals surface area contributed by atoms with Crippen molar-refractivity contribution >= 4 is 29.8 Å². The van der Waals surface area contributed by atoms with Gasteiger partial charge in [0.1, 0.15) is 0 Å². The number of carboxylic acid groups (broad SMARTS) is 3. The molecule has 1 aliphatic carbocycles. The van der Waals surface area contributed by atoms with Crippen molar-refractivity contribution in [1.29, 1.82) is 5.41 Å². The Hall–Kier alpha value is -3.72. The van der Waals surface area contributed by atoms with E-state index < -0.39 is 36.4 Å². The maximum absolute atomic E-state index is 10.6. The molecule has 0 aromatic carbocycles. The predicted octanol–water partition coefficient (Wildman–Crippen LogP) is 5.30. The van der Waals surface area contributed by atoms with E-state index in [9.17, 15) is 39.5 Å². The lowest BCUT2D eigenvalue weighted by Gasteiger charge is -2.20. The zero-order chi connectivity index (χ0) is 40.1. The molecule has 0 unspecified atom stereocenters. The van der Waals surface area contributed by atoms with Crippen molar-refractivity contribution in [3.8, 4) is 0 Å². The molecule has 1 aliphatic rings. The Morgan fingerprint density at radius 2 is 1.02 bits per heavy atom. The zero-order valence-corrected chi connectivity index (χ0v) is 28.5. The van der Waals surface area contributed by atoms with Crippen molar-refractivity contribution in [2.45, 2.75) is 108 Å². The van der Waals surface area contributed by atoms with Crippen LogP contribution >= 0.6 is 0 Å². The second-order valence-corrected chi connectivity index (χ2v) is 11.3. The molecule has 13 nitrogen and oxygen atoms in total. The van der Waals surface area contributed by atoms with Gasteiger partial charge in [-0.05, 0) is 57.5 Å². The third-order valence-electron chi connectivity index (χ3n) is 6.52. The third kappa shape index (κ3) is 40.6. The van der Waals surface area contributed by atoms with Crippen LogP contribution in [0.2, 0.25) is 0 Å². The highest BCUT2D eigenvalue weighted by Gasteiger charge is 2.39. The summed E-state index contributed by atoms with van der Waals surface area (Å²) >= 11 is 0. The van der Waals surface area contributed by atoms with Gasteiger partial charge in [-0.2, -0.15) is 39.5 Å². The molecular weight excluding hydrogens is 713 g/mol. The number of rotatable bonds is 20. The number of unbranched alkanes of at least 4 members (excludes halogenated alkanes) is 10. The van der Waals surface area contributed by atoms with Crippen LogP contribution in [0.4, 0.5) is 39.5 Å². The SMILES string of the molecule is CN(CCCCCCCCNCCCCCCCCN=C(N)N)C(=N)NCC1CC1.O=C(O)C(F)(F)F.O=C(O)C(F)(F)F.O=C(O)C(F)(F)F. The molecular formula is C29H52F9N7O6. The normalized spacial score (nSPS) is 12.4. The molecule has 0 atom stereocenters. The first kappa shape index (κ1) is 51.6. The van der Waals surface area contributed by atoms with Gasteiger partial charge in [0.15, 0.2) is 11.9 Å². The number of halogens is 9. The molecule has 302 valence electrons. The van der Waals surface area contributed by atoms with Gasteiger partial charge in [0.25, 0.3) is 0 Å². The van der Waals surface area contributed by atoms with Crippen LogP contribution in [0.25, 0.3) is 0 Å². The smallest absolute Gasteiger partial charge is 0.475 e. The number of nitrogens with one attached hydrogen (secondary N) is 3. The summed E-state index contributed by atoms with van der Waals surface area (Å²) < 4.78 is 95.2. The number of nitrogens with zero attached hydrogens (tertiary/aromatic N) is 2. The van der Waals surface area contributed by atoms with E-state index in [0.29, 0.717) is 5.96 Å². The van der Waals surface area contributed by atoms with E-state index in [0.717, 1.165) is 45.1 Å². The molecule has 0 spiro atoms. The molecule has 51 heavy (non-hydrogen) atoms. The molecule has 1 fully saturated rings. The maximum atomic E-state index is 10.6. The Kier molecular flexibility index (Phi) is 29.3. The van der Waals surface area contributed by atoms with Gasteiger partial charge in [-0.1, -0.05) is 51.4 Å². The lowest BCUT2D eigenvalue weighted by atomic mass is 10.1. The fourth-order valence-electron chi connectivity index (χ4n) is 3.52. The van der Waals surface area contributed by atoms with Crippen LogP contribution in [0.15, 0.2) is 4.99 Å². The van der Waals surface area contributed by atoms with Gasteiger partial charge >= 0.3 is 36.4 Å². The molecule has 1 rings (SSSR count). The summed E-state index contributed by atoms with van der Waals surface area (Å²) in [6.07, 6.45) is 2.68. The largest absolute Gasteiger partial charge is 0.490 e. The van der Waals surface area contributed by atoms with Crippen molar-refractivity contribution in [2.75, 3.05) is 39.8 Å². The molecule has 0 saturated heterocycles. The van der Waals surface area contributed by atoms with Crippen LogP contribution in [-0.2, 0) is 14.4 Å². The molecule has 0 bridgehead atoms. The molecule has 0 aliphatic heterocycles. The quantitative estimate of drug-likeness (QED) is 0.0344. The zero-order valence-electron chi connectivity index (χ0n) is 28.5. The number of guanidine groups is 2. The first-order valence-corrected chi connectivity index (χ1v) is 16.1. The van der Waals surface area contributed by atoms with Crippen molar-refractivity contribution in [2.24, 2.45) is 22.4 Å². The number of nitrogens with two attached hydrogens (primary N) is 2. The minimum atomic E-state index is -5.08. The van der Waals surface area contributed by atoms with E-state index in [2.05, 4.69) is 20.5 Å². The summed E-state index contributed by atoms with van der Waals surface area (Å²) in [5.41, 5.74) is 10.6. The number of carbonyl (C=O) groups is 3. The minimum Gasteiger partial charge on any atom is -0.475 e. The Balaban J connectivity index is -0.000000882. The van der Waals surface area contributed by atoms with Crippen LogP contribution in [-0.4, -0.2) is 108 Å². The molecule has 0 aromatic rings. The van der Waals surface area contributed by atoms with Crippen LogP contribution < -0.4 is 22.1 Å². The van der Waals surface area contributed by atoms with Crippen molar-refractivity contribution in [1.82, 2.24) is 15.5 Å². The Bertz CT molecular complexity index is 934. The minimum absolute atomic E-state index is 0.207. The van der Waals surface area contributed by atoms with Gasteiger partial charge in [0.05, 0.1) is 0 Å². The number of hydrogen-bond acceptors (Lipinski definition) is 6. The molecule has 1 saturated carbocycles. The van der Waals surface area contributed by atoms with Crippen molar-refractivity contribution < 1.29 is 69.2 Å².